The summed E-state index contributed by atoms with van der Waals surface area (Å²) in [7, 11) is 0. The molecule has 17 heavy (non-hydrogen) atoms. The van der Waals surface area contributed by atoms with E-state index in [1.807, 2.05) is 6.92 Å². The first-order valence-corrected chi connectivity index (χ1v) is 7.35. The van der Waals surface area contributed by atoms with Crippen LogP contribution in [0.3, 0.4) is 0 Å². The van der Waals surface area contributed by atoms with Crippen molar-refractivity contribution < 1.29 is 0 Å². The van der Waals surface area contributed by atoms with Gasteiger partial charge in [-0.3, -0.25) is 4.68 Å². The summed E-state index contributed by atoms with van der Waals surface area (Å²) >= 11 is 3.63. The molecule has 1 unspecified atom stereocenters. The predicted octanol–water partition coefficient (Wildman–Crippen LogP) is 3.11. The van der Waals surface area contributed by atoms with Gasteiger partial charge in [-0.1, -0.05) is 6.92 Å². The lowest BCUT2D eigenvalue weighted by Crippen LogP contribution is -2.23. The molecule has 96 valence electrons. The van der Waals surface area contributed by atoms with Crippen molar-refractivity contribution >= 4 is 15.9 Å². The monoisotopic (exact) mass is 299 g/mol. The van der Waals surface area contributed by atoms with Gasteiger partial charge in [0, 0.05) is 13.1 Å². The zero-order chi connectivity index (χ0) is 12.4. The molecular weight excluding hydrogens is 278 g/mol. The Hall–Kier alpha value is -0.350. The third-order valence-corrected chi connectivity index (χ3v) is 4.67. The Labute approximate surface area is 112 Å². The molecule has 0 aliphatic heterocycles. The number of hydrogen-bond donors (Lipinski definition) is 1. The highest BCUT2D eigenvalue weighted by molar-refractivity contribution is 9.10. The number of rotatable bonds is 6. The lowest BCUT2D eigenvalue weighted by molar-refractivity contribution is 0.453. The highest BCUT2D eigenvalue weighted by Crippen LogP contribution is 2.36. The highest BCUT2D eigenvalue weighted by Gasteiger charge is 2.27. The topological polar surface area (TPSA) is 29.9 Å². The quantitative estimate of drug-likeness (QED) is 0.875. The van der Waals surface area contributed by atoms with Crippen LogP contribution >= 0.6 is 15.9 Å². The van der Waals surface area contributed by atoms with E-state index in [1.54, 1.807) is 0 Å². The van der Waals surface area contributed by atoms with Crippen molar-refractivity contribution in [3.63, 3.8) is 0 Å². The van der Waals surface area contributed by atoms with Crippen LogP contribution < -0.4 is 5.32 Å². The van der Waals surface area contributed by atoms with Crippen molar-refractivity contribution in [2.45, 2.75) is 46.7 Å². The third kappa shape index (κ3) is 3.10. The van der Waals surface area contributed by atoms with Crippen molar-refractivity contribution in [3.8, 4) is 0 Å². The first-order chi connectivity index (χ1) is 8.13. The molecule has 1 heterocycles. The molecule has 0 bridgehead atoms. The summed E-state index contributed by atoms with van der Waals surface area (Å²) in [6, 6.07) is 0. The second-order valence-corrected chi connectivity index (χ2v) is 5.90. The number of halogens is 1. The molecule has 1 aromatic heterocycles. The fourth-order valence-corrected chi connectivity index (χ4v) is 2.71. The van der Waals surface area contributed by atoms with E-state index in [4.69, 9.17) is 0 Å². The largest absolute Gasteiger partial charge is 0.311 e. The fourth-order valence-electron chi connectivity index (χ4n) is 2.29. The van der Waals surface area contributed by atoms with Gasteiger partial charge in [0.15, 0.2) is 0 Å². The summed E-state index contributed by atoms with van der Waals surface area (Å²) in [4.78, 5) is 0. The van der Waals surface area contributed by atoms with E-state index >= 15 is 0 Å². The van der Waals surface area contributed by atoms with E-state index in [-0.39, 0.29) is 0 Å². The van der Waals surface area contributed by atoms with Crippen molar-refractivity contribution in [3.05, 3.63) is 15.9 Å². The molecule has 0 aromatic carbocycles. The Morgan fingerprint density at radius 2 is 2.24 bits per heavy atom. The molecule has 1 atom stereocenters. The predicted molar refractivity (Wildman–Crippen MR) is 73.9 cm³/mol. The van der Waals surface area contributed by atoms with Gasteiger partial charge in [-0.25, -0.2) is 0 Å². The van der Waals surface area contributed by atoms with E-state index in [9.17, 15) is 0 Å². The fraction of sp³-hybridized carbons (Fsp3) is 0.769. The summed E-state index contributed by atoms with van der Waals surface area (Å²) in [5.41, 5.74) is 2.35. The SMILES string of the molecule is CCn1nc(C)c(Br)c1CNCC(C)C1CC1. The van der Waals surface area contributed by atoms with Crippen LogP contribution in [0.1, 0.15) is 38.1 Å². The summed E-state index contributed by atoms with van der Waals surface area (Å²) in [5.74, 6) is 1.79. The normalized spacial score (nSPS) is 17.4. The van der Waals surface area contributed by atoms with Gasteiger partial charge in [-0.05, 0) is 61.0 Å². The van der Waals surface area contributed by atoms with Crippen LogP contribution in [0.5, 0.6) is 0 Å². The van der Waals surface area contributed by atoms with Gasteiger partial charge in [0.1, 0.15) is 0 Å². The van der Waals surface area contributed by atoms with Gasteiger partial charge < -0.3 is 5.32 Å². The second-order valence-electron chi connectivity index (χ2n) is 5.11. The maximum atomic E-state index is 4.50. The molecule has 0 amide bonds. The van der Waals surface area contributed by atoms with Gasteiger partial charge in [0.2, 0.25) is 0 Å². The highest BCUT2D eigenvalue weighted by atomic mass is 79.9. The molecule has 4 heteroatoms. The van der Waals surface area contributed by atoms with Gasteiger partial charge in [-0.2, -0.15) is 5.10 Å². The molecule has 3 nitrogen and oxygen atoms in total. The smallest absolute Gasteiger partial charge is 0.0739 e. The van der Waals surface area contributed by atoms with E-state index in [0.29, 0.717) is 0 Å². The maximum absolute atomic E-state index is 4.50. The molecule has 1 aliphatic rings. The van der Waals surface area contributed by atoms with Crippen LogP contribution in [-0.4, -0.2) is 16.3 Å². The number of aromatic nitrogens is 2. The first-order valence-electron chi connectivity index (χ1n) is 6.56. The number of hydrogen-bond acceptors (Lipinski definition) is 2. The minimum absolute atomic E-state index is 0.813. The van der Waals surface area contributed by atoms with E-state index in [2.05, 4.69) is 44.9 Å². The summed E-state index contributed by atoms with van der Waals surface area (Å²) < 4.78 is 3.24. The summed E-state index contributed by atoms with van der Waals surface area (Å²) in [6.45, 7) is 9.49. The lowest BCUT2D eigenvalue weighted by Gasteiger charge is -2.12. The summed E-state index contributed by atoms with van der Waals surface area (Å²) in [5, 5.41) is 8.06. The van der Waals surface area contributed by atoms with Crippen molar-refractivity contribution in [1.29, 1.82) is 0 Å². The third-order valence-electron chi connectivity index (χ3n) is 3.64. The molecule has 1 aliphatic carbocycles. The molecule has 1 N–H and O–H groups in total. The summed E-state index contributed by atoms with van der Waals surface area (Å²) in [6.07, 6.45) is 2.86. The Balaban J connectivity index is 1.88. The zero-order valence-electron chi connectivity index (χ0n) is 11.0. The van der Waals surface area contributed by atoms with Crippen molar-refractivity contribution in [2.24, 2.45) is 11.8 Å². The van der Waals surface area contributed by atoms with Crippen molar-refractivity contribution in [1.82, 2.24) is 15.1 Å². The molecule has 0 saturated heterocycles. The van der Waals surface area contributed by atoms with Crippen LogP contribution in [0, 0.1) is 18.8 Å². The van der Waals surface area contributed by atoms with Crippen LogP contribution in [0.25, 0.3) is 0 Å². The van der Waals surface area contributed by atoms with E-state index in [1.165, 1.54) is 18.5 Å². The minimum Gasteiger partial charge on any atom is -0.311 e. The zero-order valence-corrected chi connectivity index (χ0v) is 12.5. The van der Waals surface area contributed by atoms with E-state index < -0.39 is 0 Å². The molecule has 1 aromatic rings. The van der Waals surface area contributed by atoms with Gasteiger partial charge >= 0.3 is 0 Å². The van der Waals surface area contributed by atoms with Crippen LogP contribution in [0.15, 0.2) is 4.47 Å². The van der Waals surface area contributed by atoms with Gasteiger partial charge in [0.05, 0.1) is 15.9 Å². The second kappa shape index (κ2) is 5.53. The molecule has 1 fully saturated rings. The Bertz CT molecular complexity index is 382. The van der Waals surface area contributed by atoms with E-state index in [0.717, 1.165) is 41.6 Å². The number of nitrogens with zero attached hydrogens (tertiary/aromatic N) is 2. The standard InChI is InChI=1S/C13H22BrN3/c1-4-17-12(13(14)10(3)16-17)8-15-7-9(2)11-5-6-11/h9,11,15H,4-8H2,1-3H3. The van der Waals surface area contributed by atoms with Gasteiger partial charge in [-0.15, -0.1) is 0 Å². The molecule has 0 spiro atoms. The molecular formula is C13H22BrN3. The number of aryl methyl sites for hydroxylation is 2. The molecule has 1 saturated carbocycles. The lowest BCUT2D eigenvalue weighted by atomic mass is 10.1. The first kappa shape index (κ1) is 13.1. The average Bonchev–Trinajstić information content (AvgIpc) is 3.11. The van der Waals surface area contributed by atoms with Gasteiger partial charge in [0.25, 0.3) is 0 Å². The molecule has 0 radical (unpaired) electrons. The Morgan fingerprint density at radius 1 is 1.53 bits per heavy atom. The van der Waals surface area contributed by atoms with Crippen molar-refractivity contribution in [2.75, 3.05) is 6.54 Å². The maximum Gasteiger partial charge on any atom is 0.0739 e. The average molecular weight is 300 g/mol. The Morgan fingerprint density at radius 3 is 2.82 bits per heavy atom. The molecule has 2 rings (SSSR count). The number of nitrogens with one attached hydrogen (secondary N) is 1. The minimum atomic E-state index is 0.813. The van der Waals surface area contributed by atoms with Crippen LogP contribution in [0.4, 0.5) is 0 Å². The Kier molecular flexibility index (Phi) is 4.26. The van der Waals surface area contributed by atoms with Crippen LogP contribution in [-0.2, 0) is 13.1 Å². The van der Waals surface area contributed by atoms with Crippen LogP contribution in [0.2, 0.25) is 0 Å².